The molecule has 0 radical (unpaired) electrons. The van der Waals surface area contributed by atoms with Crippen molar-refractivity contribution >= 4 is 5.97 Å². The first-order valence-corrected chi connectivity index (χ1v) is 6.49. The minimum absolute atomic E-state index is 0.365. The van der Waals surface area contributed by atoms with Crippen LogP contribution >= 0.6 is 0 Å². The molecule has 0 fully saturated rings. The van der Waals surface area contributed by atoms with Crippen molar-refractivity contribution in [2.75, 3.05) is 0 Å². The SMILES string of the molecule is Cc1noc(C)c1-n1cc2c(c1C(=O)O)CCCC2. The third-order valence-corrected chi connectivity index (χ3v) is 3.76. The monoisotopic (exact) mass is 260 g/mol. The Kier molecular flexibility index (Phi) is 2.69. The third-order valence-electron chi connectivity index (χ3n) is 3.76. The van der Waals surface area contributed by atoms with Crippen LogP contribution in [0.1, 0.15) is 45.9 Å². The van der Waals surface area contributed by atoms with E-state index in [1.807, 2.05) is 13.1 Å². The molecule has 0 aliphatic heterocycles. The van der Waals surface area contributed by atoms with Crippen LogP contribution < -0.4 is 0 Å². The largest absolute Gasteiger partial charge is 0.477 e. The topological polar surface area (TPSA) is 68.3 Å². The normalized spacial score (nSPS) is 14.4. The third kappa shape index (κ3) is 1.77. The van der Waals surface area contributed by atoms with E-state index in [0.29, 0.717) is 17.1 Å². The highest BCUT2D eigenvalue weighted by molar-refractivity contribution is 5.89. The highest BCUT2D eigenvalue weighted by Gasteiger charge is 2.26. The van der Waals surface area contributed by atoms with Crippen LogP contribution in [0.25, 0.3) is 5.69 Å². The molecule has 0 atom stereocenters. The van der Waals surface area contributed by atoms with Crippen LogP contribution in [-0.2, 0) is 12.8 Å². The fourth-order valence-electron chi connectivity index (χ4n) is 2.94. The molecule has 0 spiro atoms. The van der Waals surface area contributed by atoms with Gasteiger partial charge in [-0.3, -0.25) is 0 Å². The summed E-state index contributed by atoms with van der Waals surface area (Å²) in [5.41, 5.74) is 3.95. The van der Waals surface area contributed by atoms with Crippen molar-refractivity contribution in [1.82, 2.24) is 9.72 Å². The number of fused-ring (bicyclic) bond motifs is 1. The molecule has 0 amide bonds. The first kappa shape index (κ1) is 12.0. The second-order valence-electron chi connectivity index (χ2n) is 5.04. The molecule has 0 saturated carbocycles. The minimum atomic E-state index is -0.886. The summed E-state index contributed by atoms with van der Waals surface area (Å²) in [6.07, 6.45) is 5.90. The fourth-order valence-corrected chi connectivity index (χ4v) is 2.94. The van der Waals surface area contributed by atoms with E-state index < -0.39 is 5.97 Å². The number of aromatic carboxylic acids is 1. The molecule has 1 aliphatic carbocycles. The van der Waals surface area contributed by atoms with Gasteiger partial charge in [0.05, 0.1) is 0 Å². The number of hydrogen-bond donors (Lipinski definition) is 1. The number of aromatic nitrogens is 2. The molecule has 100 valence electrons. The lowest BCUT2D eigenvalue weighted by Gasteiger charge is -2.11. The summed E-state index contributed by atoms with van der Waals surface area (Å²) in [7, 11) is 0. The number of carboxylic acids is 1. The maximum Gasteiger partial charge on any atom is 0.353 e. The molecule has 1 N–H and O–H groups in total. The summed E-state index contributed by atoms with van der Waals surface area (Å²) in [6.45, 7) is 3.64. The molecule has 5 nitrogen and oxygen atoms in total. The van der Waals surface area contributed by atoms with Crippen LogP contribution in [0.15, 0.2) is 10.7 Å². The van der Waals surface area contributed by atoms with E-state index in [-0.39, 0.29) is 0 Å². The maximum absolute atomic E-state index is 11.6. The molecule has 0 saturated heterocycles. The first-order valence-electron chi connectivity index (χ1n) is 6.49. The molecule has 3 rings (SSSR count). The Morgan fingerprint density at radius 1 is 1.37 bits per heavy atom. The number of carboxylic acid groups (broad SMARTS) is 1. The van der Waals surface area contributed by atoms with Gasteiger partial charge in [0.1, 0.15) is 17.1 Å². The average Bonchev–Trinajstić information content (AvgIpc) is 2.89. The van der Waals surface area contributed by atoms with Crippen LogP contribution in [0, 0.1) is 13.8 Å². The van der Waals surface area contributed by atoms with Crippen LogP contribution in [-0.4, -0.2) is 20.8 Å². The summed E-state index contributed by atoms with van der Waals surface area (Å²) < 4.78 is 6.89. The van der Waals surface area contributed by atoms with Gasteiger partial charge in [0.2, 0.25) is 0 Å². The fraction of sp³-hybridized carbons (Fsp3) is 0.429. The van der Waals surface area contributed by atoms with Crippen molar-refractivity contribution in [1.29, 1.82) is 0 Å². The summed E-state index contributed by atoms with van der Waals surface area (Å²) in [5, 5.41) is 13.4. The minimum Gasteiger partial charge on any atom is -0.477 e. The van der Waals surface area contributed by atoms with Gasteiger partial charge in [-0.05, 0) is 50.7 Å². The van der Waals surface area contributed by atoms with Gasteiger partial charge in [0.25, 0.3) is 0 Å². The van der Waals surface area contributed by atoms with Gasteiger partial charge in [0.15, 0.2) is 5.76 Å². The molecule has 2 aromatic rings. The Hall–Kier alpha value is -2.04. The zero-order chi connectivity index (χ0) is 13.6. The summed E-state index contributed by atoms with van der Waals surface area (Å²) in [5.74, 6) is -0.240. The van der Waals surface area contributed by atoms with Crippen molar-refractivity contribution in [3.63, 3.8) is 0 Å². The molecule has 0 aromatic carbocycles. The molecule has 1 aliphatic rings. The highest BCUT2D eigenvalue weighted by Crippen LogP contribution is 2.30. The summed E-state index contributed by atoms with van der Waals surface area (Å²) in [6, 6.07) is 0. The molecule has 19 heavy (non-hydrogen) atoms. The van der Waals surface area contributed by atoms with E-state index in [0.717, 1.165) is 42.5 Å². The van der Waals surface area contributed by atoms with Crippen LogP contribution in [0.2, 0.25) is 0 Å². The molecular weight excluding hydrogens is 244 g/mol. The quantitative estimate of drug-likeness (QED) is 0.901. The van der Waals surface area contributed by atoms with Gasteiger partial charge in [-0.1, -0.05) is 5.16 Å². The number of carbonyl (C=O) groups is 1. The van der Waals surface area contributed by atoms with Gasteiger partial charge in [-0.25, -0.2) is 4.79 Å². The van der Waals surface area contributed by atoms with E-state index in [9.17, 15) is 9.90 Å². The predicted octanol–water partition coefficient (Wildman–Crippen LogP) is 2.66. The predicted molar refractivity (Wildman–Crippen MR) is 68.9 cm³/mol. The zero-order valence-electron chi connectivity index (χ0n) is 11.1. The molecular formula is C14H16N2O3. The Bertz CT molecular complexity index is 632. The lowest BCUT2D eigenvalue weighted by molar-refractivity contribution is 0.0687. The molecule has 2 heterocycles. The van der Waals surface area contributed by atoms with E-state index in [4.69, 9.17) is 4.52 Å². The second-order valence-corrected chi connectivity index (χ2v) is 5.04. The number of nitrogens with zero attached hydrogens (tertiary/aromatic N) is 2. The standard InChI is InChI=1S/C14H16N2O3/c1-8-12(9(2)19-15-8)16-7-10-5-3-4-6-11(10)13(16)14(17)18/h7H,3-6H2,1-2H3,(H,17,18). The molecule has 0 unspecified atom stereocenters. The van der Waals surface area contributed by atoms with Crippen molar-refractivity contribution in [3.8, 4) is 5.69 Å². The zero-order valence-corrected chi connectivity index (χ0v) is 11.1. The number of aryl methyl sites for hydroxylation is 3. The highest BCUT2D eigenvalue weighted by atomic mass is 16.5. The first-order chi connectivity index (χ1) is 9.09. The molecule has 0 bridgehead atoms. The Balaban J connectivity index is 2.27. The smallest absolute Gasteiger partial charge is 0.353 e. The van der Waals surface area contributed by atoms with E-state index >= 15 is 0 Å². The van der Waals surface area contributed by atoms with E-state index in [1.165, 1.54) is 0 Å². The van der Waals surface area contributed by atoms with Crippen molar-refractivity contribution in [2.24, 2.45) is 0 Å². The second kappa shape index (κ2) is 4.26. The van der Waals surface area contributed by atoms with Gasteiger partial charge >= 0.3 is 5.97 Å². The van der Waals surface area contributed by atoms with Crippen LogP contribution in [0.3, 0.4) is 0 Å². The molecule has 2 aromatic heterocycles. The Morgan fingerprint density at radius 3 is 2.74 bits per heavy atom. The molecule has 5 heteroatoms. The van der Waals surface area contributed by atoms with Crippen LogP contribution in [0.5, 0.6) is 0 Å². The van der Waals surface area contributed by atoms with E-state index in [1.54, 1.807) is 11.5 Å². The summed E-state index contributed by atoms with van der Waals surface area (Å²) >= 11 is 0. The van der Waals surface area contributed by atoms with Gasteiger partial charge < -0.3 is 14.2 Å². The Labute approximate surface area is 110 Å². The van der Waals surface area contributed by atoms with Gasteiger partial charge in [-0.2, -0.15) is 0 Å². The van der Waals surface area contributed by atoms with Crippen molar-refractivity contribution in [3.05, 3.63) is 34.5 Å². The van der Waals surface area contributed by atoms with Gasteiger partial charge in [0, 0.05) is 6.20 Å². The summed E-state index contributed by atoms with van der Waals surface area (Å²) in [4.78, 5) is 11.6. The van der Waals surface area contributed by atoms with E-state index in [2.05, 4.69) is 5.16 Å². The lowest BCUT2D eigenvalue weighted by atomic mass is 9.94. The maximum atomic E-state index is 11.6. The lowest BCUT2D eigenvalue weighted by Crippen LogP contribution is -2.11. The Morgan fingerprint density at radius 2 is 2.11 bits per heavy atom. The average molecular weight is 260 g/mol. The van der Waals surface area contributed by atoms with Crippen molar-refractivity contribution < 1.29 is 14.4 Å². The van der Waals surface area contributed by atoms with Gasteiger partial charge in [-0.15, -0.1) is 0 Å². The number of hydrogen-bond acceptors (Lipinski definition) is 3. The van der Waals surface area contributed by atoms with Crippen molar-refractivity contribution in [2.45, 2.75) is 39.5 Å². The van der Waals surface area contributed by atoms with Crippen LogP contribution in [0.4, 0.5) is 0 Å². The number of rotatable bonds is 2.